The Morgan fingerprint density at radius 1 is 1.46 bits per heavy atom. The lowest BCUT2D eigenvalue weighted by atomic mass is 10.2. The van der Waals surface area contributed by atoms with Crippen molar-refractivity contribution in [1.29, 1.82) is 5.26 Å². The zero-order valence-electron chi connectivity index (χ0n) is 6.97. The van der Waals surface area contributed by atoms with Gasteiger partial charge in [-0.3, -0.25) is 0 Å². The first-order valence-corrected chi connectivity index (χ1v) is 5.00. The molecule has 0 amide bonds. The fourth-order valence-electron chi connectivity index (χ4n) is 1.24. The van der Waals surface area contributed by atoms with Gasteiger partial charge in [-0.2, -0.15) is 5.26 Å². The number of aryl methyl sites for hydroxylation is 1. The molecule has 0 fully saturated rings. The molecule has 0 aliphatic rings. The summed E-state index contributed by atoms with van der Waals surface area (Å²) in [4.78, 5) is 0.599. The molecule has 1 aromatic heterocycles. The number of halogens is 1. The molecule has 1 heterocycles. The number of hydrogen-bond acceptors (Lipinski definition) is 2. The Kier molecular flexibility index (Phi) is 1.99. The van der Waals surface area contributed by atoms with Crippen molar-refractivity contribution in [2.45, 2.75) is 6.92 Å². The summed E-state index contributed by atoms with van der Waals surface area (Å²) in [6.07, 6.45) is 0. The first-order chi connectivity index (χ1) is 6.22. The van der Waals surface area contributed by atoms with Crippen molar-refractivity contribution in [3.63, 3.8) is 0 Å². The SMILES string of the molecule is Cc1ccc2c(Cl)c(C#N)sc2c1. The van der Waals surface area contributed by atoms with Crippen molar-refractivity contribution >= 4 is 33.0 Å². The van der Waals surface area contributed by atoms with Crippen LogP contribution >= 0.6 is 22.9 Å². The normalized spacial score (nSPS) is 10.2. The predicted molar refractivity (Wildman–Crippen MR) is 56.3 cm³/mol. The highest BCUT2D eigenvalue weighted by atomic mass is 35.5. The molecule has 0 saturated carbocycles. The number of thiophene rings is 1. The van der Waals surface area contributed by atoms with E-state index in [0.717, 1.165) is 10.1 Å². The summed E-state index contributed by atoms with van der Waals surface area (Å²) < 4.78 is 1.08. The third-order valence-electron chi connectivity index (χ3n) is 1.89. The van der Waals surface area contributed by atoms with Crippen LogP contribution in [-0.4, -0.2) is 0 Å². The minimum atomic E-state index is 0.586. The van der Waals surface area contributed by atoms with Crippen LogP contribution in [0.25, 0.3) is 10.1 Å². The van der Waals surface area contributed by atoms with Gasteiger partial charge in [-0.05, 0) is 18.6 Å². The Labute approximate surface area is 85.2 Å². The summed E-state index contributed by atoms with van der Waals surface area (Å²) in [6, 6.07) is 8.10. The molecule has 13 heavy (non-hydrogen) atoms. The maximum atomic E-state index is 8.76. The Bertz CT molecular complexity index is 507. The fourth-order valence-corrected chi connectivity index (χ4v) is 2.61. The number of benzene rings is 1. The van der Waals surface area contributed by atoms with E-state index >= 15 is 0 Å². The van der Waals surface area contributed by atoms with Gasteiger partial charge in [0.25, 0.3) is 0 Å². The lowest BCUT2D eigenvalue weighted by Gasteiger charge is -1.91. The largest absolute Gasteiger partial charge is 0.191 e. The minimum absolute atomic E-state index is 0.586. The van der Waals surface area contributed by atoms with Gasteiger partial charge < -0.3 is 0 Å². The van der Waals surface area contributed by atoms with Crippen LogP contribution in [0.5, 0.6) is 0 Å². The standard InChI is InChI=1S/C10H6ClNS/c1-6-2-3-7-8(4-6)13-9(5-12)10(7)11/h2-4H,1H3. The molecule has 0 atom stereocenters. The van der Waals surface area contributed by atoms with Gasteiger partial charge in [0, 0.05) is 10.1 Å². The molecule has 0 N–H and O–H groups in total. The highest BCUT2D eigenvalue weighted by Crippen LogP contribution is 2.34. The average Bonchev–Trinajstić information content (AvgIpc) is 2.42. The first-order valence-electron chi connectivity index (χ1n) is 3.81. The molecule has 0 unspecified atom stereocenters. The summed E-state index contributed by atoms with van der Waals surface area (Å²) >= 11 is 7.44. The number of nitriles is 1. The molecular weight excluding hydrogens is 202 g/mol. The topological polar surface area (TPSA) is 23.8 Å². The van der Waals surface area contributed by atoms with Gasteiger partial charge in [0.05, 0.1) is 5.02 Å². The molecule has 0 aliphatic heterocycles. The van der Waals surface area contributed by atoms with Crippen molar-refractivity contribution in [2.75, 3.05) is 0 Å². The monoisotopic (exact) mass is 207 g/mol. The lowest BCUT2D eigenvalue weighted by molar-refractivity contribution is 1.51. The molecule has 0 spiro atoms. The Morgan fingerprint density at radius 2 is 2.23 bits per heavy atom. The van der Waals surface area contributed by atoms with Crippen molar-refractivity contribution in [2.24, 2.45) is 0 Å². The number of rotatable bonds is 0. The third-order valence-corrected chi connectivity index (χ3v) is 3.45. The van der Waals surface area contributed by atoms with Crippen molar-refractivity contribution < 1.29 is 0 Å². The van der Waals surface area contributed by atoms with E-state index in [0.29, 0.717) is 9.90 Å². The van der Waals surface area contributed by atoms with E-state index in [1.807, 2.05) is 25.1 Å². The van der Waals surface area contributed by atoms with Crippen LogP contribution < -0.4 is 0 Å². The second-order valence-corrected chi connectivity index (χ2v) is 4.29. The van der Waals surface area contributed by atoms with Crippen LogP contribution in [0.2, 0.25) is 5.02 Å². The highest BCUT2D eigenvalue weighted by molar-refractivity contribution is 7.20. The Morgan fingerprint density at radius 3 is 2.92 bits per heavy atom. The first kappa shape index (κ1) is 8.55. The van der Waals surface area contributed by atoms with Gasteiger partial charge in [0.15, 0.2) is 0 Å². The van der Waals surface area contributed by atoms with Crippen LogP contribution in [-0.2, 0) is 0 Å². The molecule has 2 aromatic rings. The van der Waals surface area contributed by atoms with E-state index in [4.69, 9.17) is 16.9 Å². The summed E-state index contributed by atoms with van der Waals surface area (Å²) in [5.41, 5.74) is 1.19. The van der Waals surface area contributed by atoms with Gasteiger partial charge in [-0.1, -0.05) is 23.7 Å². The van der Waals surface area contributed by atoms with Gasteiger partial charge >= 0.3 is 0 Å². The fraction of sp³-hybridized carbons (Fsp3) is 0.100. The van der Waals surface area contributed by atoms with E-state index in [9.17, 15) is 0 Å². The number of hydrogen-bond donors (Lipinski definition) is 0. The van der Waals surface area contributed by atoms with E-state index in [1.54, 1.807) is 0 Å². The maximum absolute atomic E-state index is 8.76. The number of nitrogens with zero attached hydrogens (tertiary/aromatic N) is 1. The van der Waals surface area contributed by atoms with Gasteiger partial charge in [-0.25, -0.2) is 0 Å². The highest BCUT2D eigenvalue weighted by Gasteiger charge is 2.08. The molecule has 3 heteroatoms. The third kappa shape index (κ3) is 1.31. The molecule has 0 aliphatic carbocycles. The van der Waals surface area contributed by atoms with Crippen LogP contribution in [0.15, 0.2) is 18.2 Å². The predicted octanol–water partition coefficient (Wildman–Crippen LogP) is 3.73. The minimum Gasteiger partial charge on any atom is -0.191 e. The second-order valence-electron chi connectivity index (χ2n) is 2.86. The van der Waals surface area contributed by atoms with Crippen molar-refractivity contribution in [3.8, 4) is 6.07 Å². The van der Waals surface area contributed by atoms with Crippen LogP contribution in [0, 0.1) is 18.3 Å². The number of fused-ring (bicyclic) bond motifs is 1. The molecule has 64 valence electrons. The molecule has 0 radical (unpaired) electrons. The van der Waals surface area contributed by atoms with Gasteiger partial charge in [0.1, 0.15) is 10.9 Å². The van der Waals surface area contributed by atoms with E-state index in [-0.39, 0.29) is 0 Å². The summed E-state index contributed by atoms with van der Waals surface area (Å²) in [5.74, 6) is 0. The van der Waals surface area contributed by atoms with Gasteiger partial charge in [0.2, 0.25) is 0 Å². The summed E-state index contributed by atoms with van der Waals surface area (Å²) in [7, 11) is 0. The molecule has 0 saturated heterocycles. The smallest absolute Gasteiger partial charge is 0.124 e. The maximum Gasteiger partial charge on any atom is 0.124 e. The van der Waals surface area contributed by atoms with E-state index in [1.165, 1.54) is 16.9 Å². The van der Waals surface area contributed by atoms with Gasteiger partial charge in [-0.15, -0.1) is 11.3 Å². The Balaban J connectivity index is 2.86. The molecule has 1 nitrogen and oxygen atoms in total. The zero-order chi connectivity index (χ0) is 9.42. The average molecular weight is 208 g/mol. The second kappa shape index (κ2) is 3.02. The molecule has 0 bridgehead atoms. The van der Waals surface area contributed by atoms with E-state index in [2.05, 4.69) is 6.07 Å². The summed E-state index contributed by atoms with van der Waals surface area (Å²) in [5, 5.41) is 10.3. The van der Waals surface area contributed by atoms with Crippen LogP contribution in [0.4, 0.5) is 0 Å². The van der Waals surface area contributed by atoms with Crippen LogP contribution in [0.1, 0.15) is 10.4 Å². The van der Waals surface area contributed by atoms with Crippen LogP contribution in [0.3, 0.4) is 0 Å². The molecule has 2 rings (SSSR count). The molecular formula is C10H6ClNS. The van der Waals surface area contributed by atoms with E-state index < -0.39 is 0 Å². The quantitative estimate of drug-likeness (QED) is 0.646. The molecule has 1 aromatic carbocycles. The Hall–Kier alpha value is -1.04. The summed E-state index contributed by atoms with van der Waals surface area (Å²) in [6.45, 7) is 2.03. The van der Waals surface area contributed by atoms with Crippen molar-refractivity contribution in [1.82, 2.24) is 0 Å². The zero-order valence-corrected chi connectivity index (χ0v) is 8.54. The lowest BCUT2D eigenvalue weighted by Crippen LogP contribution is -1.69. The van der Waals surface area contributed by atoms with Crippen molar-refractivity contribution in [3.05, 3.63) is 33.7 Å².